The molecule has 0 aliphatic carbocycles. The maximum Gasteiger partial charge on any atom is 0.243 e. The van der Waals surface area contributed by atoms with Gasteiger partial charge in [0.2, 0.25) is 21.8 Å². The molecule has 8 heteroatoms. The van der Waals surface area contributed by atoms with Crippen LogP contribution in [0.15, 0.2) is 53.4 Å². The van der Waals surface area contributed by atoms with Crippen LogP contribution in [0.3, 0.4) is 0 Å². The summed E-state index contributed by atoms with van der Waals surface area (Å²) in [5, 5.41) is 0. The van der Waals surface area contributed by atoms with Gasteiger partial charge < -0.3 is 9.80 Å². The molecule has 2 aromatic carbocycles. The van der Waals surface area contributed by atoms with Crippen molar-refractivity contribution in [2.24, 2.45) is 5.92 Å². The van der Waals surface area contributed by atoms with E-state index in [1.807, 2.05) is 35.2 Å². The predicted molar refractivity (Wildman–Crippen MR) is 135 cm³/mol. The Balaban J connectivity index is 1.27. The Bertz CT molecular complexity index is 1190. The largest absolute Gasteiger partial charge is 0.342 e. The fourth-order valence-corrected chi connectivity index (χ4v) is 7.10. The van der Waals surface area contributed by atoms with Crippen LogP contribution in [0, 0.1) is 5.92 Å². The number of hydrogen-bond donors (Lipinski definition) is 0. The predicted octanol–water partition coefficient (Wildman–Crippen LogP) is 3.23. The van der Waals surface area contributed by atoms with Crippen molar-refractivity contribution in [3.8, 4) is 0 Å². The first-order valence-corrected chi connectivity index (χ1v) is 14.1. The van der Waals surface area contributed by atoms with Gasteiger partial charge in [0.1, 0.15) is 0 Å². The van der Waals surface area contributed by atoms with Crippen molar-refractivity contribution in [2.45, 2.75) is 49.8 Å². The highest BCUT2D eigenvalue weighted by Crippen LogP contribution is 2.34. The van der Waals surface area contributed by atoms with Gasteiger partial charge in [-0.2, -0.15) is 4.31 Å². The van der Waals surface area contributed by atoms with Crippen LogP contribution >= 0.6 is 0 Å². The highest BCUT2D eigenvalue weighted by atomic mass is 32.2. The molecule has 0 bridgehead atoms. The molecular weight excluding hydrogens is 462 g/mol. The molecule has 1 atom stereocenters. The van der Waals surface area contributed by atoms with Crippen LogP contribution in [0.5, 0.6) is 0 Å². The summed E-state index contributed by atoms with van der Waals surface area (Å²) in [5.41, 5.74) is 2.69. The van der Waals surface area contributed by atoms with E-state index in [0.29, 0.717) is 50.5 Å². The monoisotopic (exact) mass is 495 g/mol. The Hall–Kier alpha value is -2.71. The number of benzene rings is 2. The summed E-state index contributed by atoms with van der Waals surface area (Å²) >= 11 is 0. The molecular formula is C27H33N3O4S. The number of anilines is 1. The number of likely N-dealkylation sites (tertiary alicyclic amines) is 1. The Morgan fingerprint density at radius 3 is 2.43 bits per heavy atom. The summed E-state index contributed by atoms with van der Waals surface area (Å²) in [4.78, 5) is 30.3. The van der Waals surface area contributed by atoms with Gasteiger partial charge >= 0.3 is 0 Å². The topological polar surface area (TPSA) is 78.0 Å². The third-order valence-corrected chi connectivity index (χ3v) is 9.38. The molecule has 5 rings (SSSR count). The van der Waals surface area contributed by atoms with E-state index in [9.17, 15) is 18.0 Å². The van der Waals surface area contributed by atoms with Gasteiger partial charge in [0.25, 0.3) is 0 Å². The number of hydrogen-bond acceptors (Lipinski definition) is 4. The third-order valence-electron chi connectivity index (χ3n) is 7.49. The van der Waals surface area contributed by atoms with Gasteiger partial charge in [-0.1, -0.05) is 36.8 Å². The second-order valence-electron chi connectivity index (χ2n) is 9.84. The number of carbonyl (C=O) groups excluding carboxylic acids is 2. The van der Waals surface area contributed by atoms with Crippen LogP contribution in [0.2, 0.25) is 0 Å². The quantitative estimate of drug-likeness (QED) is 0.638. The number of fused-ring (bicyclic) bond motifs is 1. The molecule has 3 heterocycles. The van der Waals surface area contributed by atoms with Gasteiger partial charge in [-0.25, -0.2) is 8.42 Å². The van der Waals surface area contributed by atoms with Crippen molar-refractivity contribution in [2.75, 3.05) is 37.6 Å². The molecule has 186 valence electrons. The van der Waals surface area contributed by atoms with Crippen molar-refractivity contribution >= 4 is 27.5 Å². The van der Waals surface area contributed by atoms with E-state index in [4.69, 9.17) is 0 Å². The first-order chi connectivity index (χ1) is 16.9. The fraction of sp³-hybridized carbons (Fsp3) is 0.481. The third kappa shape index (κ3) is 5.00. The van der Waals surface area contributed by atoms with Crippen molar-refractivity contribution in [3.63, 3.8) is 0 Å². The molecule has 2 amide bonds. The highest BCUT2D eigenvalue weighted by Gasteiger charge is 2.35. The molecule has 35 heavy (non-hydrogen) atoms. The smallest absolute Gasteiger partial charge is 0.243 e. The maximum absolute atomic E-state index is 13.5. The first-order valence-electron chi connectivity index (χ1n) is 12.7. The fourth-order valence-electron chi connectivity index (χ4n) is 5.53. The van der Waals surface area contributed by atoms with Gasteiger partial charge in [0.05, 0.1) is 17.2 Å². The van der Waals surface area contributed by atoms with E-state index in [-0.39, 0.29) is 17.7 Å². The van der Waals surface area contributed by atoms with Crippen molar-refractivity contribution in [1.29, 1.82) is 0 Å². The molecule has 0 radical (unpaired) electrons. The molecule has 3 aliphatic heterocycles. The van der Waals surface area contributed by atoms with Gasteiger partial charge in [0.15, 0.2) is 0 Å². The number of sulfonamides is 1. The number of carbonyl (C=O) groups is 2. The SMILES string of the molecule is O=C(Cc1ccccc1)N1CCCC(C(=O)N2CCc3cc(S(=O)(=O)N4CCCCC4)ccc32)C1. The molecule has 2 fully saturated rings. The number of nitrogens with zero attached hydrogens (tertiary/aromatic N) is 3. The minimum Gasteiger partial charge on any atom is -0.342 e. The standard InChI is InChI=1S/C27H33N3O4S/c31-26(18-21-8-3-1-4-9-21)28-14-7-10-23(20-28)27(32)30-17-13-22-19-24(11-12-25(22)30)35(33,34)29-15-5-2-6-16-29/h1,3-4,8-9,11-12,19,23H,2,5-7,10,13-18,20H2. The van der Waals surface area contributed by atoms with Gasteiger partial charge in [-0.15, -0.1) is 0 Å². The lowest BCUT2D eigenvalue weighted by atomic mass is 9.95. The van der Waals surface area contributed by atoms with Crippen LogP contribution in [0.4, 0.5) is 5.69 Å². The molecule has 7 nitrogen and oxygen atoms in total. The molecule has 1 unspecified atom stereocenters. The summed E-state index contributed by atoms with van der Waals surface area (Å²) < 4.78 is 27.8. The minimum atomic E-state index is -3.50. The van der Waals surface area contributed by atoms with E-state index >= 15 is 0 Å². The van der Waals surface area contributed by atoms with Crippen LogP contribution in [0.25, 0.3) is 0 Å². The molecule has 0 aromatic heterocycles. The summed E-state index contributed by atoms with van der Waals surface area (Å²) in [5.74, 6) is -0.137. The van der Waals surface area contributed by atoms with Gasteiger partial charge in [-0.05, 0) is 61.4 Å². The van der Waals surface area contributed by atoms with Crippen LogP contribution < -0.4 is 4.90 Å². The summed E-state index contributed by atoms with van der Waals surface area (Å²) in [6.45, 7) is 2.83. The average Bonchev–Trinajstić information content (AvgIpc) is 3.33. The average molecular weight is 496 g/mol. The second kappa shape index (κ2) is 10.1. The second-order valence-corrected chi connectivity index (χ2v) is 11.8. The lowest BCUT2D eigenvalue weighted by molar-refractivity contribution is -0.134. The first kappa shape index (κ1) is 24.0. The van der Waals surface area contributed by atoms with Crippen molar-refractivity contribution in [3.05, 3.63) is 59.7 Å². The zero-order valence-corrected chi connectivity index (χ0v) is 20.9. The zero-order valence-electron chi connectivity index (χ0n) is 20.1. The molecule has 2 saturated heterocycles. The molecule has 0 N–H and O–H groups in total. The summed E-state index contributed by atoms with van der Waals surface area (Å²) in [6, 6.07) is 14.9. The zero-order chi connectivity index (χ0) is 24.4. The van der Waals surface area contributed by atoms with E-state index in [2.05, 4.69) is 0 Å². The molecule has 0 spiro atoms. The number of amides is 2. The minimum absolute atomic E-state index is 0.0348. The van der Waals surface area contributed by atoms with Crippen LogP contribution in [-0.4, -0.2) is 62.2 Å². The van der Waals surface area contributed by atoms with Crippen molar-refractivity contribution < 1.29 is 18.0 Å². The molecule has 2 aromatic rings. The van der Waals surface area contributed by atoms with E-state index < -0.39 is 10.0 Å². The lowest BCUT2D eigenvalue weighted by Gasteiger charge is -2.34. The Morgan fingerprint density at radius 2 is 1.66 bits per heavy atom. The molecule has 0 saturated carbocycles. The van der Waals surface area contributed by atoms with Crippen LogP contribution in [0.1, 0.15) is 43.2 Å². The van der Waals surface area contributed by atoms with E-state index in [0.717, 1.165) is 48.9 Å². The lowest BCUT2D eigenvalue weighted by Crippen LogP contribution is -2.47. The summed E-state index contributed by atoms with van der Waals surface area (Å²) in [7, 11) is -3.50. The maximum atomic E-state index is 13.5. The number of rotatable bonds is 5. The molecule has 3 aliphatic rings. The highest BCUT2D eigenvalue weighted by molar-refractivity contribution is 7.89. The van der Waals surface area contributed by atoms with Gasteiger partial charge in [0, 0.05) is 38.4 Å². The summed E-state index contributed by atoms with van der Waals surface area (Å²) in [6.07, 6.45) is 5.45. The Labute approximate surface area is 207 Å². The van der Waals surface area contributed by atoms with Crippen LogP contribution in [-0.2, 0) is 32.5 Å². The van der Waals surface area contributed by atoms with E-state index in [1.165, 1.54) is 0 Å². The number of piperidine rings is 2. The Kier molecular flexibility index (Phi) is 6.93. The van der Waals surface area contributed by atoms with Crippen molar-refractivity contribution in [1.82, 2.24) is 9.21 Å². The van der Waals surface area contributed by atoms with E-state index in [1.54, 1.807) is 27.4 Å². The Morgan fingerprint density at radius 1 is 0.886 bits per heavy atom. The normalized spacial score (nSPS) is 21.1. The van der Waals surface area contributed by atoms with Gasteiger partial charge in [-0.3, -0.25) is 9.59 Å².